The molecule has 0 aliphatic heterocycles. The minimum atomic E-state index is -0.174. The molecule has 8 aromatic rings. The first-order valence-electron chi connectivity index (χ1n) is 16.9. The van der Waals surface area contributed by atoms with Crippen LogP contribution in [0, 0.1) is 10.8 Å². The van der Waals surface area contributed by atoms with Gasteiger partial charge in [-0.3, -0.25) is 15.7 Å². The van der Waals surface area contributed by atoms with Crippen LogP contribution in [0.1, 0.15) is 17.0 Å². The lowest BCUT2D eigenvalue weighted by atomic mass is 9.84. The maximum atomic E-state index is 8.83. The summed E-state index contributed by atoms with van der Waals surface area (Å²) in [6.45, 7) is 0. The molecule has 0 spiro atoms. The van der Waals surface area contributed by atoms with E-state index < -0.39 is 0 Å². The van der Waals surface area contributed by atoms with Crippen molar-refractivity contribution in [3.8, 4) is 22.3 Å². The van der Waals surface area contributed by atoms with E-state index in [9.17, 15) is 0 Å². The van der Waals surface area contributed by atoms with Crippen molar-refractivity contribution in [1.29, 1.82) is 10.8 Å². The zero-order valence-electron chi connectivity index (χ0n) is 28.0. The van der Waals surface area contributed by atoms with Crippen LogP contribution in [-0.4, -0.2) is 22.3 Å². The number of nitrogens with one attached hydrogen (secondary N) is 3. The van der Waals surface area contributed by atoms with Gasteiger partial charge in [-0.2, -0.15) is 0 Å². The predicted octanol–water partition coefficient (Wildman–Crippen LogP) is 11.6. The van der Waals surface area contributed by atoms with Crippen molar-refractivity contribution >= 4 is 63.1 Å². The molecule has 0 saturated heterocycles. The molecule has 7 heteroatoms. The molecule has 0 atom stereocenters. The molecule has 0 aliphatic rings. The summed E-state index contributed by atoms with van der Waals surface area (Å²) in [5.74, 6) is 0.370. The summed E-state index contributed by atoms with van der Waals surface area (Å²) >= 11 is 0. The average molecular weight is 676 g/mol. The fourth-order valence-corrected chi connectivity index (χ4v) is 6.52. The van der Waals surface area contributed by atoms with Crippen molar-refractivity contribution in [1.82, 2.24) is 10.4 Å². The van der Waals surface area contributed by atoms with Crippen molar-refractivity contribution in [3.05, 3.63) is 181 Å². The van der Waals surface area contributed by atoms with Crippen LogP contribution in [0.15, 0.2) is 168 Å². The van der Waals surface area contributed by atoms with Gasteiger partial charge < -0.3 is 9.26 Å². The van der Waals surface area contributed by atoms with E-state index in [1.54, 1.807) is 11.0 Å². The van der Waals surface area contributed by atoms with Gasteiger partial charge in [-0.15, -0.1) is 10.4 Å². The largest absolute Gasteiger partial charge is 0.407 e. The number of ether oxygens (including phenoxy) is 1. The lowest BCUT2D eigenvalue weighted by Crippen LogP contribution is -2.29. The van der Waals surface area contributed by atoms with E-state index in [0.29, 0.717) is 5.89 Å². The Kier molecular flexibility index (Phi) is 8.80. The molecule has 0 amide bonds. The minimum Gasteiger partial charge on any atom is -0.407 e. The quantitative estimate of drug-likeness (QED) is 0.0847. The molecule has 0 unspecified atom stereocenters. The summed E-state index contributed by atoms with van der Waals surface area (Å²) in [5, 5.41) is 28.4. The molecule has 250 valence electrons. The molecular weight excluding hydrogens is 643 g/mol. The summed E-state index contributed by atoms with van der Waals surface area (Å²) in [5.41, 5.74) is 8.02. The Labute approximate surface area is 300 Å². The molecular formula is C45H33N5O2. The summed E-state index contributed by atoms with van der Waals surface area (Å²) in [4.78, 5) is 1.67. The van der Waals surface area contributed by atoms with E-state index >= 15 is 0 Å². The van der Waals surface area contributed by atoms with Gasteiger partial charge in [-0.1, -0.05) is 121 Å². The van der Waals surface area contributed by atoms with E-state index in [2.05, 4.69) is 95.3 Å². The number of benzene rings is 7. The molecule has 0 saturated carbocycles. The Morgan fingerprint density at radius 1 is 0.558 bits per heavy atom. The van der Waals surface area contributed by atoms with Crippen LogP contribution in [0.4, 0.5) is 11.4 Å². The third-order valence-electron chi connectivity index (χ3n) is 8.88. The monoisotopic (exact) mass is 675 g/mol. The smallest absolute Gasteiger partial charge is 0.300 e. The Balaban J connectivity index is 1.21. The number of para-hydroxylation sites is 2. The van der Waals surface area contributed by atoms with Crippen LogP contribution in [-0.2, 0) is 4.74 Å². The van der Waals surface area contributed by atoms with Gasteiger partial charge in [0, 0.05) is 12.2 Å². The summed E-state index contributed by atoms with van der Waals surface area (Å²) in [7, 11) is 0. The average Bonchev–Trinajstić information content (AvgIpc) is 3.17. The zero-order valence-corrected chi connectivity index (χ0v) is 28.0. The fourth-order valence-electron chi connectivity index (χ4n) is 6.52. The van der Waals surface area contributed by atoms with E-state index in [0.717, 1.165) is 60.7 Å². The number of fused-ring (bicyclic) bond motifs is 3. The van der Waals surface area contributed by atoms with Gasteiger partial charge in [0.25, 0.3) is 5.89 Å². The molecule has 7 nitrogen and oxygen atoms in total. The van der Waals surface area contributed by atoms with Gasteiger partial charge in [0.2, 0.25) is 5.90 Å². The fraction of sp³-hybridized carbons (Fsp3) is 0. The zero-order chi connectivity index (χ0) is 35.3. The van der Waals surface area contributed by atoms with Gasteiger partial charge >= 0.3 is 6.02 Å². The van der Waals surface area contributed by atoms with Crippen LogP contribution in [0.5, 0.6) is 0 Å². The van der Waals surface area contributed by atoms with Gasteiger partial charge in [0.15, 0.2) is 0 Å². The van der Waals surface area contributed by atoms with Crippen LogP contribution in [0.2, 0.25) is 0 Å². The predicted molar refractivity (Wildman–Crippen MR) is 213 cm³/mol. The number of anilines is 2. The first kappa shape index (κ1) is 32.0. The second-order valence-corrected chi connectivity index (χ2v) is 12.2. The third kappa shape index (κ3) is 6.54. The minimum absolute atomic E-state index is 0.153. The molecule has 1 aromatic heterocycles. The van der Waals surface area contributed by atoms with Crippen molar-refractivity contribution in [2.24, 2.45) is 0 Å². The number of hydrogen-bond donors (Lipinski definition) is 3. The summed E-state index contributed by atoms with van der Waals surface area (Å²) in [6, 6.07) is 52.9. The lowest BCUT2D eigenvalue weighted by molar-refractivity contribution is 0.273. The molecule has 0 aliphatic carbocycles. The van der Waals surface area contributed by atoms with Gasteiger partial charge in [-0.05, 0) is 103 Å². The number of nitrogens with zero attached hydrogens (tertiary/aromatic N) is 2. The molecule has 1 heterocycles. The molecule has 0 fully saturated rings. The number of hydrogen-bond acceptors (Lipinski definition) is 5. The number of H-pyrrole nitrogens is 1. The Hall–Kier alpha value is -7.25. The van der Waals surface area contributed by atoms with Crippen molar-refractivity contribution < 1.29 is 9.26 Å². The lowest BCUT2D eigenvalue weighted by Gasteiger charge is -2.24. The number of aromatic amines is 1. The van der Waals surface area contributed by atoms with Gasteiger partial charge in [0.1, 0.15) is 0 Å². The Morgan fingerprint density at radius 2 is 1.02 bits per heavy atom. The molecule has 52 heavy (non-hydrogen) atoms. The van der Waals surface area contributed by atoms with Crippen molar-refractivity contribution in [2.45, 2.75) is 0 Å². The second kappa shape index (κ2) is 14.3. The first-order valence-corrected chi connectivity index (χ1v) is 16.9. The second-order valence-electron chi connectivity index (χ2n) is 12.2. The SMILES string of the molecule is N=C(/C=C/c1ccc2c(-c3ccccc3)c(-c3ccccc3)c3ccc(/C=C/c4n[nH]o4)cc3c2c1)OC(=N)N(c1ccccc1)c1ccccc1. The maximum absolute atomic E-state index is 8.83. The van der Waals surface area contributed by atoms with Crippen LogP contribution < -0.4 is 4.90 Å². The van der Waals surface area contributed by atoms with Crippen molar-refractivity contribution in [2.75, 3.05) is 4.90 Å². The number of rotatable bonds is 8. The van der Waals surface area contributed by atoms with E-state index in [1.807, 2.05) is 91.0 Å². The maximum Gasteiger partial charge on any atom is 0.300 e. The number of amidine groups is 1. The molecule has 0 radical (unpaired) electrons. The third-order valence-corrected chi connectivity index (χ3v) is 8.88. The topological polar surface area (TPSA) is 102 Å². The molecule has 7 aromatic carbocycles. The van der Waals surface area contributed by atoms with Crippen molar-refractivity contribution in [3.63, 3.8) is 0 Å². The Morgan fingerprint density at radius 3 is 1.48 bits per heavy atom. The highest BCUT2D eigenvalue weighted by Crippen LogP contribution is 2.45. The van der Waals surface area contributed by atoms with Gasteiger partial charge in [-0.25, -0.2) is 0 Å². The van der Waals surface area contributed by atoms with E-state index in [4.69, 9.17) is 20.1 Å². The summed E-state index contributed by atoms with van der Waals surface area (Å²) < 4.78 is 11.0. The highest BCUT2D eigenvalue weighted by Gasteiger charge is 2.19. The standard InChI is InChI=1S/C45H33N5O2/c46-41(51-45(47)50(35-17-9-3-10-18-35)36-19-11-4-12-20-36)27-23-31-21-25-37-39(29-31)40-30-32(24-28-42-48-49-52-42)22-26-38(40)44(34-15-7-2-8-16-34)43(37)33-13-5-1-6-14-33/h1-30,46-47,49H/b27-23+,28-24+,46-41?,47-45?. The number of aromatic nitrogens is 2. The normalized spacial score (nSPS) is 11.5. The first-order chi connectivity index (χ1) is 25.6. The highest BCUT2D eigenvalue weighted by atomic mass is 16.5. The summed E-state index contributed by atoms with van der Waals surface area (Å²) in [6.07, 6.45) is 7.27. The van der Waals surface area contributed by atoms with Crippen LogP contribution in [0.3, 0.4) is 0 Å². The Bertz CT molecular complexity index is 2520. The highest BCUT2D eigenvalue weighted by molar-refractivity contribution is 6.22. The van der Waals surface area contributed by atoms with E-state index in [-0.39, 0.29) is 11.9 Å². The van der Waals surface area contributed by atoms with Gasteiger partial charge in [0.05, 0.1) is 11.4 Å². The van der Waals surface area contributed by atoms with Crippen LogP contribution in [0.25, 0.3) is 62.0 Å². The van der Waals surface area contributed by atoms with Crippen LogP contribution >= 0.6 is 0 Å². The molecule has 8 rings (SSSR count). The molecule has 3 N–H and O–H groups in total. The molecule has 0 bridgehead atoms. The van der Waals surface area contributed by atoms with E-state index in [1.165, 1.54) is 5.56 Å².